The van der Waals surface area contributed by atoms with Crippen molar-refractivity contribution in [2.75, 3.05) is 0 Å². The number of rotatable bonds is 7. The Morgan fingerprint density at radius 3 is 2.51 bits per heavy atom. The summed E-state index contributed by atoms with van der Waals surface area (Å²) in [6.07, 6.45) is 12.7. The maximum absolute atomic E-state index is 12.5. The molecule has 6 nitrogen and oxygen atoms in total. The van der Waals surface area contributed by atoms with Gasteiger partial charge in [0.2, 0.25) is 0 Å². The maximum Gasteiger partial charge on any atom is 0.330 e. The van der Waals surface area contributed by atoms with Crippen LogP contribution in [0, 0.1) is 34.5 Å². The van der Waals surface area contributed by atoms with Crippen LogP contribution in [0.1, 0.15) is 83.3 Å². The lowest BCUT2D eigenvalue weighted by atomic mass is 9.44. The van der Waals surface area contributed by atoms with Crippen molar-refractivity contribution in [3.05, 3.63) is 59.2 Å². The molecule has 7 atom stereocenters. The Morgan fingerprint density at radius 2 is 1.79 bits per heavy atom. The van der Waals surface area contributed by atoms with Crippen LogP contribution in [0.2, 0.25) is 0 Å². The van der Waals surface area contributed by atoms with Crippen molar-refractivity contribution in [2.45, 2.75) is 91.5 Å². The number of hydrogen-bond acceptors (Lipinski definition) is 6. The second kappa shape index (κ2) is 11.0. The molecule has 0 heterocycles. The first-order valence-corrected chi connectivity index (χ1v) is 14.6. The van der Waals surface area contributed by atoms with Crippen LogP contribution >= 0.6 is 0 Å². The summed E-state index contributed by atoms with van der Waals surface area (Å²) in [5.74, 6) is 1.42. The summed E-state index contributed by atoms with van der Waals surface area (Å²) < 4.78 is 11.3. The zero-order chi connectivity index (χ0) is 27.8. The molecule has 210 valence electrons. The molecule has 5 rings (SSSR count). The standard InChI is InChI=1S/C33H42O6/c1-21(35)39-29-12-11-27-31-24(5-4-6-30(37)38-20-23-9-7-22(19-34)8-10-23)17-25-18-26(36)13-15-32(25,2)28(31)14-16-33(27,29)3/h4,6-10,18,24,27-29,31,34H,5,11-17,19-20H2,1-3H3/b6-4+/t24-,27+,28+,29+,31+,32+,33+/m1/s1. The zero-order valence-electron chi connectivity index (χ0n) is 23.5. The van der Waals surface area contributed by atoms with E-state index in [9.17, 15) is 19.5 Å². The minimum Gasteiger partial charge on any atom is -0.462 e. The molecule has 0 radical (unpaired) electrons. The molecule has 0 bridgehead atoms. The van der Waals surface area contributed by atoms with E-state index < -0.39 is 0 Å². The van der Waals surface area contributed by atoms with E-state index in [1.54, 1.807) is 6.08 Å². The number of carbonyl (C=O) groups is 3. The summed E-state index contributed by atoms with van der Waals surface area (Å²) in [7, 11) is 0. The zero-order valence-corrected chi connectivity index (χ0v) is 23.5. The molecule has 1 N–H and O–H groups in total. The summed E-state index contributed by atoms with van der Waals surface area (Å²) in [4.78, 5) is 36.8. The normalized spacial score (nSPS) is 35.5. The van der Waals surface area contributed by atoms with E-state index in [1.807, 2.05) is 36.4 Å². The van der Waals surface area contributed by atoms with Crippen LogP contribution in [0.5, 0.6) is 0 Å². The van der Waals surface area contributed by atoms with Crippen LogP contribution in [-0.2, 0) is 37.1 Å². The third kappa shape index (κ3) is 5.37. The van der Waals surface area contributed by atoms with Crippen molar-refractivity contribution in [1.82, 2.24) is 0 Å². The highest BCUT2D eigenvalue weighted by atomic mass is 16.5. The number of benzene rings is 1. The van der Waals surface area contributed by atoms with E-state index in [0.717, 1.165) is 56.1 Å². The minimum atomic E-state index is -0.366. The summed E-state index contributed by atoms with van der Waals surface area (Å²) >= 11 is 0. The highest BCUT2D eigenvalue weighted by molar-refractivity contribution is 5.91. The fourth-order valence-corrected chi connectivity index (χ4v) is 8.57. The van der Waals surface area contributed by atoms with Crippen molar-refractivity contribution in [1.29, 1.82) is 0 Å². The van der Waals surface area contributed by atoms with Gasteiger partial charge in [0.05, 0.1) is 6.61 Å². The molecule has 1 aromatic rings. The average molecular weight is 535 g/mol. The van der Waals surface area contributed by atoms with Crippen LogP contribution in [0.25, 0.3) is 0 Å². The van der Waals surface area contributed by atoms with Gasteiger partial charge in [0.1, 0.15) is 12.7 Å². The van der Waals surface area contributed by atoms with Gasteiger partial charge in [-0.1, -0.05) is 49.8 Å². The first-order valence-electron chi connectivity index (χ1n) is 14.6. The predicted octanol–water partition coefficient (Wildman–Crippen LogP) is 5.86. The molecule has 4 aliphatic rings. The van der Waals surface area contributed by atoms with Crippen molar-refractivity contribution in [3.63, 3.8) is 0 Å². The molecule has 3 saturated carbocycles. The molecule has 0 aromatic heterocycles. The van der Waals surface area contributed by atoms with Gasteiger partial charge in [-0.05, 0) is 91.2 Å². The topological polar surface area (TPSA) is 89.9 Å². The van der Waals surface area contributed by atoms with Gasteiger partial charge in [0, 0.05) is 24.8 Å². The second-order valence-corrected chi connectivity index (χ2v) is 12.7. The molecular weight excluding hydrogens is 492 g/mol. The number of fused-ring (bicyclic) bond motifs is 5. The minimum absolute atomic E-state index is 0.0134. The summed E-state index contributed by atoms with van der Waals surface area (Å²) in [6.45, 7) is 6.39. The second-order valence-electron chi connectivity index (χ2n) is 12.7. The summed E-state index contributed by atoms with van der Waals surface area (Å²) in [5.41, 5.74) is 3.01. The monoisotopic (exact) mass is 534 g/mol. The lowest BCUT2D eigenvalue weighted by molar-refractivity contribution is -0.158. The highest BCUT2D eigenvalue weighted by Gasteiger charge is 2.61. The fraction of sp³-hybridized carbons (Fsp3) is 0.606. The number of hydrogen-bond donors (Lipinski definition) is 1. The third-order valence-corrected chi connectivity index (χ3v) is 10.6. The van der Waals surface area contributed by atoms with E-state index in [-0.39, 0.29) is 47.9 Å². The van der Waals surface area contributed by atoms with Crippen LogP contribution in [0.4, 0.5) is 0 Å². The number of carbonyl (C=O) groups excluding carboxylic acids is 3. The number of ketones is 1. The molecule has 0 aliphatic heterocycles. The van der Waals surface area contributed by atoms with Crippen LogP contribution < -0.4 is 0 Å². The van der Waals surface area contributed by atoms with Crippen LogP contribution in [0.3, 0.4) is 0 Å². The Balaban J connectivity index is 1.32. The van der Waals surface area contributed by atoms with Gasteiger partial charge < -0.3 is 14.6 Å². The van der Waals surface area contributed by atoms with Gasteiger partial charge in [0.25, 0.3) is 0 Å². The Bertz CT molecular complexity index is 1170. The van der Waals surface area contributed by atoms with E-state index in [1.165, 1.54) is 12.5 Å². The van der Waals surface area contributed by atoms with Crippen molar-refractivity contribution in [2.24, 2.45) is 34.5 Å². The van der Waals surface area contributed by atoms with Crippen LogP contribution in [-0.4, -0.2) is 28.9 Å². The van der Waals surface area contributed by atoms with E-state index in [4.69, 9.17) is 9.47 Å². The summed E-state index contributed by atoms with van der Waals surface area (Å²) in [5, 5.41) is 9.19. The number of allylic oxidation sites excluding steroid dienone is 2. The predicted molar refractivity (Wildman–Crippen MR) is 147 cm³/mol. The number of ether oxygens (including phenoxy) is 2. The molecule has 6 heteroatoms. The van der Waals surface area contributed by atoms with Gasteiger partial charge >= 0.3 is 11.9 Å². The molecule has 0 saturated heterocycles. The quantitative estimate of drug-likeness (QED) is 0.348. The van der Waals surface area contributed by atoms with Gasteiger partial charge in [-0.25, -0.2) is 4.79 Å². The fourth-order valence-electron chi connectivity index (χ4n) is 8.57. The van der Waals surface area contributed by atoms with Gasteiger partial charge in [-0.15, -0.1) is 0 Å². The molecule has 39 heavy (non-hydrogen) atoms. The van der Waals surface area contributed by atoms with E-state index >= 15 is 0 Å². The Morgan fingerprint density at radius 1 is 1.05 bits per heavy atom. The molecular formula is C33H42O6. The SMILES string of the molecule is CC(=O)O[C@H]1CC[C@H]2[C@@H]3[C@H](C/C=C/C(=O)OCc4ccc(CO)cc4)CC4=CC(=O)CC[C@]4(C)[C@H]3CC[C@]12C. The van der Waals surface area contributed by atoms with Gasteiger partial charge in [-0.2, -0.15) is 0 Å². The number of aliphatic hydroxyl groups excluding tert-OH is 1. The van der Waals surface area contributed by atoms with E-state index in [0.29, 0.717) is 30.1 Å². The highest BCUT2D eigenvalue weighted by Crippen LogP contribution is 2.67. The van der Waals surface area contributed by atoms with Crippen molar-refractivity contribution in [3.8, 4) is 0 Å². The molecule has 1 aromatic carbocycles. The van der Waals surface area contributed by atoms with Gasteiger partial charge in [0.15, 0.2) is 5.78 Å². The lowest BCUT2D eigenvalue weighted by Gasteiger charge is -2.60. The Hall–Kier alpha value is -2.73. The molecule has 0 spiro atoms. The molecule has 0 amide bonds. The smallest absolute Gasteiger partial charge is 0.330 e. The largest absolute Gasteiger partial charge is 0.462 e. The summed E-state index contributed by atoms with van der Waals surface area (Å²) in [6, 6.07) is 7.35. The Kier molecular flexibility index (Phi) is 7.87. The Labute approximate surface area is 231 Å². The number of esters is 2. The average Bonchev–Trinajstić information content (AvgIpc) is 3.24. The number of aliphatic hydroxyl groups is 1. The first-order chi connectivity index (χ1) is 18.6. The lowest BCUT2D eigenvalue weighted by Crippen LogP contribution is -2.54. The third-order valence-electron chi connectivity index (χ3n) is 10.6. The van der Waals surface area contributed by atoms with Crippen molar-refractivity contribution < 1.29 is 29.0 Å². The molecule has 0 unspecified atom stereocenters. The first kappa shape index (κ1) is 27.8. The van der Waals surface area contributed by atoms with Crippen LogP contribution in [0.15, 0.2) is 48.1 Å². The van der Waals surface area contributed by atoms with Crippen molar-refractivity contribution >= 4 is 17.7 Å². The van der Waals surface area contributed by atoms with Gasteiger partial charge in [-0.3, -0.25) is 9.59 Å². The van der Waals surface area contributed by atoms with E-state index in [2.05, 4.69) is 13.8 Å². The molecule has 4 aliphatic carbocycles. The molecule has 3 fully saturated rings. The maximum atomic E-state index is 12.5.